The third-order valence-electron chi connectivity index (χ3n) is 1.91. The highest BCUT2D eigenvalue weighted by molar-refractivity contribution is 4.76. The van der Waals surface area contributed by atoms with E-state index in [9.17, 15) is 0 Å². The van der Waals surface area contributed by atoms with Gasteiger partial charge in [0.1, 0.15) is 0 Å². The molecule has 0 bridgehead atoms. The summed E-state index contributed by atoms with van der Waals surface area (Å²) < 4.78 is 21.2. The Labute approximate surface area is 60.7 Å². The number of aliphatic hydroxyl groups is 1. The van der Waals surface area contributed by atoms with Crippen molar-refractivity contribution in [1.82, 2.24) is 4.90 Å². The highest BCUT2D eigenvalue weighted by Gasteiger charge is 2.21. The van der Waals surface area contributed by atoms with E-state index in [1.807, 2.05) is 4.90 Å². The molecule has 1 heterocycles. The van der Waals surface area contributed by atoms with Gasteiger partial charge in [0.15, 0.2) is 0 Å². The fraction of sp³-hybridized carbons (Fsp3) is 1.00. The topological polar surface area (TPSA) is 23.5 Å². The summed E-state index contributed by atoms with van der Waals surface area (Å²) in [6.07, 6.45) is 1.92. The van der Waals surface area contributed by atoms with Crippen molar-refractivity contribution in [1.29, 1.82) is 0 Å². The zero-order valence-corrected chi connectivity index (χ0v) is 5.51. The molecule has 0 spiro atoms. The van der Waals surface area contributed by atoms with E-state index >= 15 is 0 Å². The molecule has 0 aromatic carbocycles. The minimum Gasteiger partial charge on any atom is -0.395 e. The van der Waals surface area contributed by atoms with Crippen LogP contribution in [0.25, 0.3) is 0 Å². The first-order valence-electron chi connectivity index (χ1n) is 4.88. The lowest BCUT2D eigenvalue weighted by Crippen LogP contribution is -2.31. The molecule has 0 saturated carbocycles. The Morgan fingerprint density at radius 3 is 3.44 bits per heavy atom. The van der Waals surface area contributed by atoms with Crippen molar-refractivity contribution >= 4 is 0 Å². The second-order valence-electron chi connectivity index (χ2n) is 2.45. The summed E-state index contributed by atoms with van der Waals surface area (Å²) in [4.78, 5) is 1.85. The standard InChI is InChI=1S/C7H15NO/c1-2-8-5-3-4-7(8)6-9/h7,9H,2-6H2,1H3/t7-/m0/s1/i1D3. The number of rotatable bonds is 2. The molecule has 2 nitrogen and oxygen atoms in total. The van der Waals surface area contributed by atoms with Gasteiger partial charge in [-0.25, -0.2) is 0 Å². The number of likely N-dealkylation sites (N-methyl/N-ethyl adjacent to an activating group) is 1. The van der Waals surface area contributed by atoms with Gasteiger partial charge in [0.25, 0.3) is 0 Å². The zero-order chi connectivity index (χ0) is 9.19. The van der Waals surface area contributed by atoms with Crippen molar-refractivity contribution < 1.29 is 9.22 Å². The van der Waals surface area contributed by atoms with Crippen LogP contribution < -0.4 is 0 Å². The fourth-order valence-electron chi connectivity index (χ4n) is 1.31. The van der Waals surface area contributed by atoms with Gasteiger partial charge in [-0.15, -0.1) is 0 Å². The van der Waals surface area contributed by atoms with E-state index in [2.05, 4.69) is 0 Å². The van der Waals surface area contributed by atoms with Gasteiger partial charge in [-0.3, -0.25) is 4.90 Å². The lowest BCUT2D eigenvalue weighted by Gasteiger charge is -2.19. The molecule has 1 rings (SSSR count). The SMILES string of the molecule is [2H]C([2H])([2H])CN1CCC[C@H]1CO. The van der Waals surface area contributed by atoms with E-state index in [0.717, 1.165) is 19.4 Å². The maximum atomic E-state index is 8.91. The molecule has 1 aliphatic heterocycles. The van der Waals surface area contributed by atoms with Crippen molar-refractivity contribution in [2.75, 3.05) is 19.7 Å². The quantitative estimate of drug-likeness (QED) is 0.590. The summed E-state index contributed by atoms with van der Waals surface area (Å²) >= 11 is 0. The van der Waals surface area contributed by atoms with Crippen LogP contribution in [0, 0.1) is 0 Å². The summed E-state index contributed by atoms with van der Waals surface area (Å²) in [5.41, 5.74) is 0. The van der Waals surface area contributed by atoms with Crippen LogP contribution in [-0.2, 0) is 0 Å². The van der Waals surface area contributed by atoms with E-state index in [1.54, 1.807) is 0 Å². The summed E-state index contributed by atoms with van der Waals surface area (Å²) in [7, 11) is 0. The molecule has 0 aromatic rings. The third kappa shape index (κ3) is 1.43. The van der Waals surface area contributed by atoms with Crippen molar-refractivity contribution in [3.63, 3.8) is 0 Å². The van der Waals surface area contributed by atoms with Crippen molar-refractivity contribution in [2.45, 2.75) is 25.7 Å². The number of hydrogen-bond donors (Lipinski definition) is 1. The Kier molecular flexibility index (Phi) is 1.39. The van der Waals surface area contributed by atoms with Crippen molar-refractivity contribution in [3.05, 3.63) is 0 Å². The number of nitrogens with zero attached hydrogens (tertiary/aromatic N) is 1. The van der Waals surface area contributed by atoms with Gasteiger partial charge in [0.2, 0.25) is 0 Å². The first-order chi connectivity index (χ1) is 5.53. The number of aliphatic hydroxyl groups excluding tert-OH is 1. The Bertz CT molecular complexity index is 148. The van der Waals surface area contributed by atoms with Gasteiger partial charge < -0.3 is 5.11 Å². The van der Waals surface area contributed by atoms with Gasteiger partial charge in [0.05, 0.1) is 6.61 Å². The van der Waals surface area contributed by atoms with Crippen LogP contribution >= 0.6 is 0 Å². The molecule has 54 valence electrons. The van der Waals surface area contributed by atoms with E-state index in [-0.39, 0.29) is 19.2 Å². The Morgan fingerprint density at radius 2 is 2.78 bits per heavy atom. The number of hydrogen-bond acceptors (Lipinski definition) is 2. The van der Waals surface area contributed by atoms with Crippen LogP contribution in [0.5, 0.6) is 0 Å². The predicted octanol–water partition coefficient (Wildman–Crippen LogP) is 0.463. The Hall–Kier alpha value is -0.0800. The van der Waals surface area contributed by atoms with Crippen LogP contribution in [0.2, 0.25) is 0 Å². The Balaban J connectivity index is 2.41. The van der Waals surface area contributed by atoms with Crippen LogP contribution in [0.4, 0.5) is 0 Å². The first-order valence-corrected chi connectivity index (χ1v) is 3.38. The summed E-state index contributed by atoms with van der Waals surface area (Å²) in [5, 5.41) is 8.91. The third-order valence-corrected chi connectivity index (χ3v) is 1.91. The molecular weight excluding hydrogens is 114 g/mol. The average molecular weight is 132 g/mol. The minimum atomic E-state index is -1.89. The molecule has 9 heavy (non-hydrogen) atoms. The normalized spacial score (nSPS) is 35.7. The van der Waals surface area contributed by atoms with Gasteiger partial charge in [0, 0.05) is 10.2 Å². The average Bonchev–Trinajstić information content (AvgIpc) is 2.31. The zero-order valence-electron chi connectivity index (χ0n) is 8.51. The summed E-state index contributed by atoms with van der Waals surface area (Å²) in [6.45, 7) is -0.893. The summed E-state index contributed by atoms with van der Waals surface area (Å²) in [5.74, 6) is 0. The molecule has 1 N–H and O–H groups in total. The van der Waals surface area contributed by atoms with Crippen molar-refractivity contribution in [3.8, 4) is 0 Å². The second-order valence-corrected chi connectivity index (χ2v) is 2.45. The molecule has 0 aromatic heterocycles. The molecule has 0 aliphatic carbocycles. The Morgan fingerprint density at radius 1 is 1.89 bits per heavy atom. The van der Waals surface area contributed by atoms with E-state index in [1.165, 1.54) is 0 Å². The van der Waals surface area contributed by atoms with Crippen LogP contribution in [0.3, 0.4) is 0 Å². The largest absolute Gasteiger partial charge is 0.395 e. The fourth-order valence-corrected chi connectivity index (χ4v) is 1.31. The van der Waals surface area contributed by atoms with E-state index in [4.69, 9.17) is 9.22 Å². The molecule has 1 fully saturated rings. The van der Waals surface area contributed by atoms with Gasteiger partial charge in [-0.05, 0) is 25.9 Å². The highest BCUT2D eigenvalue weighted by Crippen LogP contribution is 2.14. The molecule has 1 saturated heterocycles. The van der Waals surface area contributed by atoms with Crippen molar-refractivity contribution in [2.24, 2.45) is 0 Å². The van der Waals surface area contributed by atoms with E-state index < -0.39 is 6.85 Å². The predicted molar refractivity (Wildman–Crippen MR) is 37.4 cm³/mol. The molecule has 0 radical (unpaired) electrons. The molecule has 0 amide bonds. The molecular formula is C7H15NO. The first kappa shape index (κ1) is 3.94. The summed E-state index contributed by atoms with van der Waals surface area (Å²) in [6, 6.07) is 0.0745. The lowest BCUT2D eigenvalue weighted by molar-refractivity contribution is 0.164. The lowest BCUT2D eigenvalue weighted by atomic mass is 10.2. The second kappa shape index (κ2) is 3.18. The van der Waals surface area contributed by atoms with Crippen LogP contribution in [0.15, 0.2) is 0 Å². The molecule has 2 heteroatoms. The molecule has 1 aliphatic rings. The van der Waals surface area contributed by atoms with Gasteiger partial charge in [-0.2, -0.15) is 0 Å². The van der Waals surface area contributed by atoms with Gasteiger partial charge in [-0.1, -0.05) is 6.85 Å². The minimum absolute atomic E-state index is 0.0745. The smallest absolute Gasteiger partial charge is 0.0586 e. The van der Waals surface area contributed by atoms with E-state index in [0.29, 0.717) is 0 Å². The molecule has 0 unspecified atom stereocenters. The molecule has 1 atom stereocenters. The maximum absolute atomic E-state index is 8.91. The van der Waals surface area contributed by atoms with Crippen LogP contribution in [-0.4, -0.2) is 35.7 Å². The highest BCUT2D eigenvalue weighted by atomic mass is 16.3. The maximum Gasteiger partial charge on any atom is 0.0586 e. The van der Waals surface area contributed by atoms with Crippen LogP contribution in [0.1, 0.15) is 23.8 Å². The number of likely N-dealkylation sites (tertiary alicyclic amines) is 1. The monoisotopic (exact) mass is 132 g/mol. The van der Waals surface area contributed by atoms with Gasteiger partial charge >= 0.3 is 0 Å².